The highest BCUT2D eigenvalue weighted by molar-refractivity contribution is 9.10. The summed E-state index contributed by atoms with van der Waals surface area (Å²) in [5.41, 5.74) is 1.06. The molecule has 0 spiro atoms. The lowest BCUT2D eigenvalue weighted by molar-refractivity contribution is -0.384. The number of non-ortho nitro benzene ring substituents is 1. The monoisotopic (exact) mass is 509 g/mol. The maximum Gasteiger partial charge on any atom is 0.343 e. The lowest BCUT2D eigenvalue weighted by Crippen LogP contribution is -2.09. The fourth-order valence-corrected chi connectivity index (χ4v) is 3.68. The topological polar surface area (TPSA) is 109 Å². The van der Waals surface area contributed by atoms with E-state index < -0.39 is 16.9 Å². The summed E-state index contributed by atoms with van der Waals surface area (Å²) < 4.78 is 17.1. The van der Waals surface area contributed by atoms with E-state index in [9.17, 15) is 19.7 Å². The van der Waals surface area contributed by atoms with E-state index in [0.29, 0.717) is 26.8 Å². The Labute approximate surface area is 196 Å². The summed E-state index contributed by atoms with van der Waals surface area (Å²) in [5, 5.41) is 11.4. The quantitative estimate of drug-likeness (QED) is 0.132. The number of hydrogen-bond donors (Lipinski definition) is 0. The predicted molar refractivity (Wildman–Crippen MR) is 123 cm³/mol. The Balaban J connectivity index is 1.79. The molecule has 9 heteroatoms. The number of nitro groups is 1. The van der Waals surface area contributed by atoms with Gasteiger partial charge in [-0.3, -0.25) is 10.1 Å². The molecule has 0 atom stereocenters. The molecule has 3 aromatic carbocycles. The summed E-state index contributed by atoms with van der Waals surface area (Å²) in [6.07, 6.45) is 0. The molecule has 0 fully saturated rings. The van der Waals surface area contributed by atoms with Gasteiger partial charge in [0.2, 0.25) is 0 Å². The van der Waals surface area contributed by atoms with E-state index in [2.05, 4.69) is 15.9 Å². The fraction of sp³-hybridized carbons (Fsp3) is 0.0833. The number of fused-ring (bicyclic) bond motifs is 1. The largest absolute Gasteiger partial charge is 0.462 e. The smallest absolute Gasteiger partial charge is 0.343 e. The Hall–Kier alpha value is -3.98. The molecule has 1 heterocycles. The molecule has 0 amide bonds. The number of hydrogen-bond acceptors (Lipinski definition) is 7. The van der Waals surface area contributed by atoms with Crippen LogP contribution in [0.5, 0.6) is 5.75 Å². The molecule has 4 aromatic rings. The lowest BCUT2D eigenvalue weighted by atomic mass is 10.1. The van der Waals surface area contributed by atoms with Gasteiger partial charge in [0.05, 0.1) is 21.6 Å². The van der Waals surface area contributed by atoms with Crippen LogP contribution < -0.4 is 4.74 Å². The number of nitrogens with zero attached hydrogens (tertiary/aromatic N) is 1. The van der Waals surface area contributed by atoms with E-state index >= 15 is 0 Å². The number of ether oxygens (including phenoxy) is 2. The number of rotatable bonds is 6. The Morgan fingerprint density at radius 2 is 1.79 bits per heavy atom. The molecule has 0 saturated carbocycles. The minimum absolute atomic E-state index is 0.0129. The summed E-state index contributed by atoms with van der Waals surface area (Å²) in [6.45, 7) is 1.87. The maximum absolute atomic E-state index is 12.8. The summed E-state index contributed by atoms with van der Waals surface area (Å²) in [5.74, 6) is -0.917. The van der Waals surface area contributed by atoms with E-state index in [4.69, 9.17) is 13.9 Å². The van der Waals surface area contributed by atoms with E-state index in [1.165, 1.54) is 24.3 Å². The van der Waals surface area contributed by atoms with Crippen LogP contribution in [0.15, 0.2) is 75.6 Å². The number of carbonyl (C=O) groups is 2. The van der Waals surface area contributed by atoms with Crippen molar-refractivity contribution in [3.05, 3.63) is 92.4 Å². The van der Waals surface area contributed by atoms with Crippen LogP contribution in [0.3, 0.4) is 0 Å². The lowest BCUT2D eigenvalue weighted by Gasteiger charge is -2.07. The molecule has 1 aromatic heterocycles. The van der Waals surface area contributed by atoms with Crippen molar-refractivity contribution in [2.24, 2.45) is 0 Å². The molecular formula is C24H16BrNO7. The Morgan fingerprint density at radius 1 is 1.03 bits per heavy atom. The minimum Gasteiger partial charge on any atom is -0.462 e. The van der Waals surface area contributed by atoms with Gasteiger partial charge in [-0.15, -0.1) is 0 Å². The molecule has 33 heavy (non-hydrogen) atoms. The Bertz CT molecular complexity index is 1380. The van der Waals surface area contributed by atoms with E-state index in [-0.39, 0.29) is 29.2 Å². The normalized spacial score (nSPS) is 10.7. The van der Waals surface area contributed by atoms with Gasteiger partial charge in [0, 0.05) is 23.1 Å². The van der Waals surface area contributed by atoms with Crippen LogP contribution in [-0.4, -0.2) is 23.5 Å². The highest BCUT2D eigenvalue weighted by Gasteiger charge is 2.25. The fourth-order valence-electron chi connectivity index (χ4n) is 3.28. The number of furan rings is 1. The van der Waals surface area contributed by atoms with Crippen LogP contribution in [0.2, 0.25) is 0 Å². The van der Waals surface area contributed by atoms with Crippen LogP contribution in [-0.2, 0) is 4.74 Å². The molecular weight excluding hydrogens is 494 g/mol. The zero-order valence-electron chi connectivity index (χ0n) is 17.2. The van der Waals surface area contributed by atoms with Gasteiger partial charge in [-0.1, -0.05) is 36.4 Å². The Morgan fingerprint density at radius 3 is 2.48 bits per heavy atom. The molecule has 0 aliphatic rings. The van der Waals surface area contributed by atoms with Crippen molar-refractivity contribution in [2.75, 3.05) is 6.61 Å². The van der Waals surface area contributed by atoms with Crippen molar-refractivity contribution in [1.82, 2.24) is 0 Å². The first-order chi connectivity index (χ1) is 15.9. The van der Waals surface area contributed by atoms with Gasteiger partial charge >= 0.3 is 11.9 Å². The second-order valence-electron chi connectivity index (χ2n) is 6.87. The molecule has 166 valence electrons. The Kier molecular flexibility index (Phi) is 6.23. The standard InChI is InChI=1S/C24H16BrNO7/c1-2-31-24(28)21-17-12-20(33-23(27)15-9-6-10-16(11-15)26(29)30)18(25)13-19(17)32-22(21)14-7-4-3-5-8-14/h3-13H,2H2,1H3. The summed E-state index contributed by atoms with van der Waals surface area (Å²) in [6, 6.07) is 17.4. The second-order valence-corrected chi connectivity index (χ2v) is 7.72. The van der Waals surface area contributed by atoms with Crippen LogP contribution in [0, 0.1) is 10.1 Å². The van der Waals surface area contributed by atoms with Gasteiger partial charge in [-0.05, 0) is 41.1 Å². The average Bonchev–Trinajstić information content (AvgIpc) is 3.18. The third-order valence-corrected chi connectivity index (χ3v) is 5.37. The number of halogens is 1. The summed E-state index contributed by atoms with van der Waals surface area (Å²) in [4.78, 5) is 35.8. The van der Waals surface area contributed by atoms with Gasteiger partial charge < -0.3 is 13.9 Å². The van der Waals surface area contributed by atoms with Gasteiger partial charge in [-0.2, -0.15) is 0 Å². The van der Waals surface area contributed by atoms with E-state index in [0.717, 1.165) is 6.07 Å². The van der Waals surface area contributed by atoms with Crippen molar-refractivity contribution < 1.29 is 28.4 Å². The van der Waals surface area contributed by atoms with Gasteiger partial charge in [0.25, 0.3) is 5.69 Å². The van der Waals surface area contributed by atoms with Crippen molar-refractivity contribution in [3.63, 3.8) is 0 Å². The molecule has 0 aliphatic heterocycles. The van der Waals surface area contributed by atoms with Crippen molar-refractivity contribution in [1.29, 1.82) is 0 Å². The SMILES string of the molecule is CCOC(=O)c1c(-c2ccccc2)oc2cc(Br)c(OC(=O)c3cccc([N+](=O)[O-])c3)cc12. The maximum atomic E-state index is 12.8. The average molecular weight is 510 g/mol. The molecule has 0 unspecified atom stereocenters. The number of esters is 2. The van der Waals surface area contributed by atoms with Gasteiger partial charge in [0.15, 0.2) is 0 Å². The van der Waals surface area contributed by atoms with Gasteiger partial charge in [0.1, 0.15) is 22.7 Å². The number of benzene rings is 3. The second kappa shape index (κ2) is 9.25. The highest BCUT2D eigenvalue weighted by atomic mass is 79.9. The van der Waals surface area contributed by atoms with Crippen LogP contribution in [0.25, 0.3) is 22.3 Å². The first-order valence-electron chi connectivity index (χ1n) is 9.84. The molecule has 0 N–H and O–H groups in total. The number of carbonyl (C=O) groups excluding carboxylic acids is 2. The zero-order valence-corrected chi connectivity index (χ0v) is 18.8. The third-order valence-electron chi connectivity index (χ3n) is 4.75. The van der Waals surface area contributed by atoms with Crippen molar-refractivity contribution in [3.8, 4) is 17.1 Å². The van der Waals surface area contributed by atoms with Crippen LogP contribution >= 0.6 is 15.9 Å². The molecule has 4 rings (SSSR count). The highest BCUT2D eigenvalue weighted by Crippen LogP contribution is 2.39. The molecule has 0 radical (unpaired) electrons. The van der Waals surface area contributed by atoms with E-state index in [1.54, 1.807) is 25.1 Å². The molecule has 8 nitrogen and oxygen atoms in total. The predicted octanol–water partition coefficient (Wildman–Crippen LogP) is 6.17. The minimum atomic E-state index is -0.789. The number of nitro benzene ring substituents is 1. The van der Waals surface area contributed by atoms with Crippen LogP contribution in [0.1, 0.15) is 27.6 Å². The third kappa shape index (κ3) is 4.49. The molecule has 0 bridgehead atoms. The summed E-state index contributed by atoms with van der Waals surface area (Å²) >= 11 is 3.35. The van der Waals surface area contributed by atoms with Gasteiger partial charge in [-0.25, -0.2) is 9.59 Å². The first kappa shape index (κ1) is 22.2. The zero-order chi connectivity index (χ0) is 23.5. The van der Waals surface area contributed by atoms with Crippen LogP contribution in [0.4, 0.5) is 5.69 Å². The van der Waals surface area contributed by atoms with Crippen molar-refractivity contribution >= 4 is 44.5 Å². The van der Waals surface area contributed by atoms with Crippen molar-refractivity contribution in [2.45, 2.75) is 6.92 Å². The molecule has 0 saturated heterocycles. The first-order valence-corrected chi connectivity index (χ1v) is 10.6. The molecule has 0 aliphatic carbocycles. The summed E-state index contributed by atoms with van der Waals surface area (Å²) in [7, 11) is 0. The van der Waals surface area contributed by atoms with E-state index in [1.807, 2.05) is 18.2 Å².